The van der Waals surface area contributed by atoms with Gasteiger partial charge in [0.25, 0.3) is 6.43 Å². The molecule has 0 radical (unpaired) electrons. The third-order valence-electron chi connectivity index (χ3n) is 4.26. The van der Waals surface area contributed by atoms with E-state index in [4.69, 9.17) is 5.73 Å². The number of nitrogens with two attached hydrogens (primary N) is 1. The molecule has 0 bridgehead atoms. The Labute approximate surface area is 161 Å². The molecular weight excluding hydrogens is 364 g/mol. The Bertz CT molecular complexity index is 976. The van der Waals surface area contributed by atoms with E-state index in [0.717, 1.165) is 0 Å². The summed E-state index contributed by atoms with van der Waals surface area (Å²) in [5.41, 5.74) is 7.87. The molecule has 1 amide bonds. The van der Waals surface area contributed by atoms with Crippen LogP contribution >= 0.6 is 0 Å². The number of aromatic nitrogens is 3. The molecule has 0 aliphatic carbocycles. The smallest absolute Gasteiger partial charge is 0.278 e. The maximum absolute atomic E-state index is 13.0. The second kappa shape index (κ2) is 7.63. The van der Waals surface area contributed by atoms with Crippen molar-refractivity contribution < 1.29 is 13.6 Å². The molecule has 0 aromatic carbocycles. The van der Waals surface area contributed by atoms with Gasteiger partial charge in [-0.15, -0.1) is 0 Å². The number of rotatable bonds is 5. The molecule has 0 aliphatic rings. The average molecular weight is 387 g/mol. The van der Waals surface area contributed by atoms with Crippen molar-refractivity contribution in [2.45, 2.75) is 39.7 Å². The van der Waals surface area contributed by atoms with E-state index < -0.39 is 12.5 Å². The van der Waals surface area contributed by atoms with Gasteiger partial charge in [0, 0.05) is 17.1 Å². The third kappa shape index (κ3) is 4.51. The summed E-state index contributed by atoms with van der Waals surface area (Å²) in [6.45, 7) is 6.06. The van der Waals surface area contributed by atoms with Crippen molar-refractivity contribution in [1.82, 2.24) is 15.0 Å². The standard InChI is InChI=1S/C20H23F2N5O/c1-20(2,3)9-14(23)19(28)26-11-4-5-15(25-10-11)12-6-7-24-18-13(12)8-16(27-18)17(21)22/h4-8,10,14,17H,9,23H2,1-3H3,(H,24,27)(H,26,28)/t14-/m1/s1. The monoisotopic (exact) mass is 387 g/mol. The van der Waals surface area contributed by atoms with Crippen LogP contribution in [-0.2, 0) is 4.79 Å². The number of carbonyl (C=O) groups excluding carboxylic acids is 1. The van der Waals surface area contributed by atoms with Gasteiger partial charge in [0.15, 0.2) is 0 Å². The SMILES string of the molecule is CC(C)(C)C[C@@H](N)C(=O)Nc1ccc(-c2ccnc3[nH]c(C(F)F)cc23)nc1. The zero-order chi connectivity index (χ0) is 20.5. The van der Waals surface area contributed by atoms with E-state index in [1.807, 2.05) is 20.8 Å². The molecule has 3 rings (SSSR count). The first-order valence-corrected chi connectivity index (χ1v) is 8.93. The third-order valence-corrected chi connectivity index (χ3v) is 4.26. The van der Waals surface area contributed by atoms with Crippen molar-refractivity contribution in [2.24, 2.45) is 11.1 Å². The summed E-state index contributed by atoms with van der Waals surface area (Å²) in [5, 5.41) is 3.32. The molecule has 1 atom stereocenters. The minimum absolute atomic E-state index is 0.0563. The van der Waals surface area contributed by atoms with Crippen molar-refractivity contribution in [3.63, 3.8) is 0 Å². The van der Waals surface area contributed by atoms with Gasteiger partial charge in [-0.3, -0.25) is 9.78 Å². The lowest BCUT2D eigenvalue weighted by atomic mass is 9.88. The largest absolute Gasteiger partial charge is 0.338 e. The second-order valence-corrected chi connectivity index (χ2v) is 7.94. The zero-order valence-electron chi connectivity index (χ0n) is 16.0. The number of pyridine rings is 2. The Hall–Kier alpha value is -2.87. The number of aromatic amines is 1. The Morgan fingerprint density at radius 1 is 1.25 bits per heavy atom. The highest BCUT2D eigenvalue weighted by atomic mass is 19.3. The van der Waals surface area contributed by atoms with Crippen LogP contribution in [0.5, 0.6) is 0 Å². The number of H-pyrrole nitrogens is 1. The molecule has 3 heterocycles. The van der Waals surface area contributed by atoms with Gasteiger partial charge < -0.3 is 16.0 Å². The van der Waals surface area contributed by atoms with Gasteiger partial charge in [-0.05, 0) is 36.1 Å². The van der Waals surface area contributed by atoms with Crippen molar-refractivity contribution in [1.29, 1.82) is 0 Å². The van der Waals surface area contributed by atoms with Crippen LogP contribution in [-0.4, -0.2) is 26.9 Å². The summed E-state index contributed by atoms with van der Waals surface area (Å²) in [4.78, 5) is 23.3. The molecule has 0 saturated carbocycles. The number of amides is 1. The van der Waals surface area contributed by atoms with Crippen LogP contribution in [0.15, 0.2) is 36.7 Å². The van der Waals surface area contributed by atoms with Crippen molar-refractivity contribution >= 4 is 22.6 Å². The van der Waals surface area contributed by atoms with Crippen LogP contribution in [0.25, 0.3) is 22.3 Å². The summed E-state index contributed by atoms with van der Waals surface area (Å²) >= 11 is 0. The number of hydrogen-bond donors (Lipinski definition) is 3. The van der Waals surface area contributed by atoms with Crippen molar-refractivity contribution in [3.05, 3.63) is 42.4 Å². The Morgan fingerprint density at radius 3 is 2.61 bits per heavy atom. The minimum Gasteiger partial charge on any atom is -0.338 e. The van der Waals surface area contributed by atoms with Gasteiger partial charge in [-0.1, -0.05) is 20.8 Å². The fraction of sp³-hybridized carbons (Fsp3) is 0.350. The molecule has 4 N–H and O–H groups in total. The number of nitrogens with zero attached hydrogens (tertiary/aromatic N) is 2. The van der Waals surface area contributed by atoms with E-state index in [9.17, 15) is 13.6 Å². The topological polar surface area (TPSA) is 96.7 Å². The fourth-order valence-electron chi connectivity index (χ4n) is 3.00. The summed E-state index contributed by atoms with van der Waals surface area (Å²) in [7, 11) is 0. The summed E-state index contributed by atoms with van der Waals surface area (Å²) in [5.74, 6) is -0.275. The van der Waals surface area contributed by atoms with E-state index in [2.05, 4.69) is 20.3 Å². The first-order chi connectivity index (χ1) is 13.1. The van der Waals surface area contributed by atoms with Gasteiger partial charge in [0.2, 0.25) is 5.91 Å². The molecule has 28 heavy (non-hydrogen) atoms. The maximum atomic E-state index is 13.0. The maximum Gasteiger partial charge on any atom is 0.278 e. The molecule has 3 aromatic rings. The molecule has 6 nitrogen and oxygen atoms in total. The molecule has 8 heteroatoms. The molecule has 0 saturated heterocycles. The van der Waals surface area contributed by atoms with Gasteiger partial charge in [0.1, 0.15) is 5.65 Å². The van der Waals surface area contributed by atoms with Crippen LogP contribution in [0.1, 0.15) is 39.3 Å². The minimum atomic E-state index is -2.61. The predicted octanol–water partition coefficient (Wildman–Crippen LogP) is 4.26. The highest BCUT2D eigenvalue weighted by Gasteiger charge is 2.21. The Morgan fingerprint density at radius 2 is 2.00 bits per heavy atom. The molecular formula is C20H23F2N5O. The fourth-order valence-corrected chi connectivity index (χ4v) is 3.00. The quantitative estimate of drug-likeness (QED) is 0.609. The predicted molar refractivity (Wildman–Crippen MR) is 105 cm³/mol. The van der Waals surface area contributed by atoms with Crippen LogP contribution in [0.2, 0.25) is 0 Å². The van der Waals surface area contributed by atoms with E-state index in [1.165, 1.54) is 18.5 Å². The lowest BCUT2D eigenvalue weighted by Crippen LogP contribution is -2.38. The first-order valence-electron chi connectivity index (χ1n) is 8.93. The van der Waals surface area contributed by atoms with Gasteiger partial charge in [0.05, 0.1) is 29.3 Å². The second-order valence-electron chi connectivity index (χ2n) is 7.94. The van der Waals surface area contributed by atoms with Gasteiger partial charge in [-0.25, -0.2) is 13.8 Å². The molecule has 3 aromatic heterocycles. The number of fused-ring (bicyclic) bond motifs is 1. The number of nitrogens with one attached hydrogen (secondary N) is 2. The summed E-state index contributed by atoms with van der Waals surface area (Å²) in [6, 6.07) is 5.90. The average Bonchev–Trinajstić information content (AvgIpc) is 3.05. The van der Waals surface area contributed by atoms with Gasteiger partial charge >= 0.3 is 0 Å². The molecule has 0 fully saturated rings. The van der Waals surface area contributed by atoms with Crippen molar-refractivity contribution in [2.75, 3.05) is 5.32 Å². The van der Waals surface area contributed by atoms with Crippen molar-refractivity contribution in [3.8, 4) is 11.3 Å². The number of carbonyl (C=O) groups is 1. The zero-order valence-corrected chi connectivity index (χ0v) is 16.0. The van der Waals surface area contributed by atoms with E-state index in [0.29, 0.717) is 34.4 Å². The number of anilines is 1. The molecule has 0 unspecified atom stereocenters. The van der Waals surface area contributed by atoms with Crippen LogP contribution in [0.3, 0.4) is 0 Å². The molecule has 148 valence electrons. The van der Waals surface area contributed by atoms with Crippen LogP contribution in [0.4, 0.5) is 14.5 Å². The van der Waals surface area contributed by atoms with Crippen LogP contribution in [0, 0.1) is 5.41 Å². The highest BCUT2D eigenvalue weighted by molar-refractivity contribution is 5.95. The molecule has 0 spiro atoms. The lowest BCUT2D eigenvalue weighted by molar-refractivity contribution is -0.118. The summed E-state index contributed by atoms with van der Waals surface area (Å²) < 4.78 is 25.9. The highest BCUT2D eigenvalue weighted by Crippen LogP contribution is 2.30. The Kier molecular flexibility index (Phi) is 5.42. The Balaban J connectivity index is 1.80. The number of halogens is 2. The van der Waals surface area contributed by atoms with Crippen LogP contribution < -0.4 is 11.1 Å². The first kappa shape index (κ1) is 19.9. The lowest BCUT2D eigenvalue weighted by Gasteiger charge is -2.22. The van der Waals surface area contributed by atoms with E-state index in [1.54, 1.807) is 18.2 Å². The summed E-state index contributed by atoms with van der Waals surface area (Å²) in [6.07, 6.45) is 1.00. The normalized spacial score (nSPS) is 13.1. The van der Waals surface area contributed by atoms with E-state index in [-0.39, 0.29) is 17.0 Å². The molecule has 0 aliphatic heterocycles. The number of hydrogen-bond acceptors (Lipinski definition) is 4. The van der Waals surface area contributed by atoms with Gasteiger partial charge in [-0.2, -0.15) is 0 Å². The number of alkyl halides is 2. The van der Waals surface area contributed by atoms with E-state index >= 15 is 0 Å².